The number of carbonyl (C=O) groups excluding carboxylic acids is 2. The summed E-state index contributed by atoms with van der Waals surface area (Å²) in [6, 6.07) is 19.3. The Hall–Kier alpha value is -3.40. The second kappa shape index (κ2) is 8.86. The average Bonchev–Trinajstić information content (AvgIpc) is 2.77. The Morgan fingerprint density at radius 3 is 2.15 bits per heavy atom. The molecule has 0 N–H and O–H groups in total. The van der Waals surface area contributed by atoms with E-state index in [9.17, 15) is 9.59 Å². The molecular formula is C29H32N2O2. The highest BCUT2D eigenvalue weighted by Gasteiger charge is 2.42. The first kappa shape index (κ1) is 22.8. The van der Waals surface area contributed by atoms with E-state index in [1.54, 1.807) is 9.80 Å². The number of anilines is 2. The Kier molecular flexibility index (Phi) is 6.11. The molecule has 0 radical (unpaired) electrons. The van der Waals surface area contributed by atoms with Gasteiger partial charge < -0.3 is 4.90 Å². The fourth-order valence-corrected chi connectivity index (χ4v) is 4.63. The van der Waals surface area contributed by atoms with E-state index < -0.39 is 6.04 Å². The lowest BCUT2D eigenvalue weighted by Crippen LogP contribution is -2.56. The Balaban J connectivity index is 1.86. The van der Waals surface area contributed by atoms with Gasteiger partial charge in [-0.25, -0.2) is 0 Å². The van der Waals surface area contributed by atoms with Crippen molar-refractivity contribution in [1.82, 2.24) is 0 Å². The molecule has 2 amide bonds. The van der Waals surface area contributed by atoms with Gasteiger partial charge in [0.1, 0.15) is 12.6 Å². The van der Waals surface area contributed by atoms with Crippen LogP contribution in [-0.2, 0) is 9.59 Å². The molecule has 1 unspecified atom stereocenters. The van der Waals surface area contributed by atoms with Crippen LogP contribution >= 0.6 is 0 Å². The van der Waals surface area contributed by atoms with Gasteiger partial charge in [-0.3, -0.25) is 14.5 Å². The molecule has 3 aromatic carbocycles. The van der Waals surface area contributed by atoms with Crippen LogP contribution in [0.25, 0.3) is 0 Å². The molecule has 4 nitrogen and oxygen atoms in total. The van der Waals surface area contributed by atoms with Crippen molar-refractivity contribution in [2.24, 2.45) is 0 Å². The molecule has 33 heavy (non-hydrogen) atoms. The Labute approximate surface area is 196 Å². The summed E-state index contributed by atoms with van der Waals surface area (Å²) in [5.74, 6) is 0.227. The number of rotatable bonds is 4. The third-order valence-electron chi connectivity index (χ3n) is 6.72. The van der Waals surface area contributed by atoms with Crippen molar-refractivity contribution >= 4 is 23.2 Å². The van der Waals surface area contributed by atoms with E-state index in [4.69, 9.17) is 0 Å². The van der Waals surface area contributed by atoms with Gasteiger partial charge in [-0.05, 0) is 73.6 Å². The van der Waals surface area contributed by atoms with Crippen molar-refractivity contribution in [3.8, 4) is 0 Å². The minimum atomic E-state index is -0.714. The first-order chi connectivity index (χ1) is 15.7. The minimum Gasteiger partial charge on any atom is -0.301 e. The summed E-state index contributed by atoms with van der Waals surface area (Å²) < 4.78 is 0. The molecule has 170 valence electrons. The molecule has 3 aromatic rings. The standard InChI is InChI=1S/C29H32N2O2/c1-18(2)23-11-13-24(14-12-23)28-29(33)30(26-9-7-8-20(4)22(26)6)17-27(32)31(28)25-15-10-19(3)16-21(25)5/h7-16,18,28H,17H2,1-6H3. The topological polar surface area (TPSA) is 40.6 Å². The monoisotopic (exact) mass is 440 g/mol. The van der Waals surface area contributed by atoms with Gasteiger partial charge in [0.15, 0.2) is 0 Å². The quantitative estimate of drug-likeness (QED) is 0.487. The van der Waals surface area contributed by atoms with Crippen molar-refractivity contribution in [3.63, 3.8) is 0 Å². The van der Waals surface area contributed by atoms with Crippen molar-refractivity contribution in [2.75, 3.05) is 16.3 Å². The van der Waals surface area contributed by atoms with Gasteiger partial charge in [0, 0.05) is 11.4 Å². The predicted octanol–water partition coefficient (Wildman–Crippen LogP) is 6.16. The molecule has 1 fully saturated rings. The zero-order valence-corrected chi connectivity index (χ0v) is 20.3. The first-order valence-corrected chi connectivity index (χ1v) is 11.6. The summed E-state index contributed by atoms with van der Waals surface area (Å²) in [5.41, 5.74) is 7.86. The fourth-order valence-electron chi connectivity index (χ4n) is 4.63. The maximum atomic E-state index is 14.0. The molecule has 4 rings (SSSR count). The first-order valence-electron chi connectivity index (χ1n) is 11.6. The van der Waals surface area contributed by atoms with Crippen LogP contribution in [0.5, 0.6) is 0 Å². The molecule has 0 aromatic heterocycles. The highest BCUT2D eigenvalue weighted by molar-refractivity contribution is 6.15. The molecule has 4 heteroatoms. The zero-order valence-electron chi connectivity index (χ0n) is 20.3. The predicted molar refractivity (Wildman–Crippen MR) is 135 cm³/mol. The smallest absolute Gasteiger partial charge is 0.255 e. The Bertz CT molecular complexity index is 1210. The summed E-state index contributed by atoms with van der Waals surface area (Å²) >= 11 is 0. The van der Waals surface area contributed by atoms with E-state index in [2.05, 4.69) is 32.0 Å². The molecule has 1 heterocycles. The van der Waals surface area contributed by atoms with Gasteiger partial charge in [-0.2, -0.15) is 0 Å². The Morgan fingerprint density at radius 1 is 0.818 bits per heavy atom. The second-order valence-electron chi connectivity index (χ2n) is 9.42. The van der Waals surface area contributed by atoms with Gasteiger partial charge in [-0.1, -0.05) is 67.9 Å². The maximum Gasteiger partial charge on any atom is 0.255 e. The Morgan fingerprint density at radius 2 is 1.52 bits per heavy atom. The number of piperazine rings is 1. The van der Waals surface area contributed by atoms with Crippen molar-refractivity contribution in [3.05, 3.63) is 94.0 Å². The largest absolute Gasteiger partial charge is 0.301 e. The van der Waals surface area contributed by atoms with Gasteiger partial charge in [0.05, 0.1) is 0 Å². The lowest BCUT2D eigenvalue weighted by molar-refractivity contribution is -0.128. The van der Waals surface area contributed by atoms with Crippen LogP contribution in [0.3, 0.4) is 0 Å². The van der Waals surface area contributed by atoms with E-state index in [1.165, 1.54) is 5.56 Å². The third-order valence-corrected chi connectivity index (χ3v) is 6.72. The maximum absolute atomic E-state index is 14.0. The van der Waals surface area contributed by atoms with Gasteiger partial charge in [0.2, 0.25) is 5.91 Å². The van der Waals surface area contributed by atoms with E-state index in [-0.39, 0.29) is 18.4 Å². The molecular weight excluding hydrogens is 408 g/mol. The molecule has 1 aliphatic rings. The zero-order chi connectivity index (χ0) is 23.9. The number of benzene rings is 3. The molecule has 1 atom stereocenters. The summed E-state index contributed by atoms with van der Waals surface area (Å²) in [7, 11) is 0. The normalized spacial score (nSPS) is 16.6. The van der Waals surface area contributed by atoms with Crippen LogP contribution in [-0.4, -0.2) is 18.4 Å². The third kappa shape index (κ3) is 4.18. The van der Waals surface area contributed by atoms with Crippen molar-refractivity contribution in [1.29, 1.82) is 0 Å². The van der Waals surface area contributed by atoms with Gasteiger partial charge in [0.25, 0.3) is 5.91 Å². The molecule has 1 aliphatic heterocycles. The number of aryl methyl sites for hydroxylation is 3. The lowest BCUT2D eigenvalue weighted by Gasteiger charge is -2.41. The SMILES string of the molecule is Cc1ccc(N2C(=O)CN(c3cccc(C)c3C)C(=O)C2c2ccc(C(C)C)cc2)c(C)c1. The van der Waals surface area contributed by atoms with Crippen LogP contribution < -0.4 is 9.80 Å². The van der Waals surface area contributed by atoms with Crippen LogP contribution in [0.15, 0.2) is 60.7 Å². The number of carbonyl (C=O) groups is 2. The fraction of sp³-hybridized carbons (Fsp3) is 0.310. The summed E-state index contributed by atoms with van der Waals surface area (Å²) in [6.45, 7) is 12.4. The van der Waals surface area contributed by atoms with E-state index in [0.29, 0.717) is 5.92 Å². The number of hydrogen-bond acceptors (Lipinski definition) is 2. The van der Waals surface area contributed by atoms with Crippen LogP contribution in [0.1, 0.15) is 59.2 Å². The van der Waals surface area contributed by atoms with Crippen LogP contribution in [0.4, 0.5) is 11.4 Å². The molecule has 1 saturated heterocycles. The average molecular weight is 441 g/mol. The highest BCUT2D eigenvalue weighted by Crippen LogP contribution is 2.37. The molecule has 0 bridgehead atoms. The van der Waals surface area contributed by atoms with Crippen LogP contribution in [0.2, 0.25) is 0 Å². The minimum absolute atomic E-state index is 0.0248. The second-order valence-corrected chi connectivity index (χ2v) is 9.42. The lowest BCUT2D eigenvalue weighted by atomic mass is 9.94. The number of amides is 2. The van der Waals surface area contributed by atoms with Crippen molar-refractivity contribution < 1.29 is 9.59 Å². The van der Waals surface area contributed by atoms with Gasteiger partial charge >= 0.3 is 0 Å². The summed E-state index contributed by atoms with van der Waals surface area (Å²) in [5, 5.41) is 0. The summed E-state index contributed by atoms with van der Waals surface area (Å²) in [4.78, 5) is 31.1. The van der Waals surface area contributed by atoms with Crippen molar-refractivity contribution in [2.45, 2.75) is 53.5 Å². The van der Waals surface area contributed by atoms with E-state index in [0.717, 1.165) is 39.2 Å². The van der Waals surface area contributed by atoms with E-state index in [1.807, 2.05) is 70.2 Å². The number of nitrogens with zero attached hydrogens (tertiary/aromatic N) is 2. The summed E-state index contributed by atoms with van der Waals surface area (Å²) in [6.07, 6.45) is 0. The molecule has 0 spiro atoms. The van der Waals surface area contributed by atoms with Gasteiger partial charge in [-0.15, -0.1) is 0 Å². The molecule has 0 aliphatic carbocycles. The highest BCUT2D eigenvalue weighted by atomic mass is 16.2. The number of hydrogen-bond donors (Lipinski definition) is 0. The molecule has 0 saturated carbocycles. The van der Waals surface area contributed by atoms with Crippen LogP contribution in [0, 0.1) is 27.7 Å². The van der Waals surface area contributed by atoms with E-state index >= 15 is 0 Å².